The van der Waals surface area contributed by atoms with Crippen LogP contribution in [-0.4, -0.2) is 42.9 Å². The van der Waals surface area contributed by atoms with Crippen LogP contribution in [0, 0.1) is 0 Å². The van der Waals surface area contributed by atoms with Crippen LogP contribution in [0.5, 0.6) is 0 Å². The predicted octanol–water partition coefficient (Wildman–Crippen LogP) is 5.67. The molecular formula is C32H27NO6. The molecule has 1 aliphatic carbocycles. The molecule has 0 bridgehead atoms. The number of nitrogens with one attached hydrogen (secondary N) is 1. The molecule has 1 atom stereocenters. The Morgan fingerprint density at radius 2 is 1.36 bits per heavy atom. The molecule has 1 unspecified atom stereocenters. The molecule has 4 aromatic rings. The molecule has 0 aliphatic heterocycles. The van der Waals surface area contributed by atoms with Gasteiger partial charge in [0.25, 0.3) is 0 Å². The number of ether oxygens (including phenoxy) is 2. The van der Waals surface area contributed by atoms with Gasteiger partial charge in [0, 0.05) is 12.3 Å². The van der Waals surface area contributed by atoms with Crippen molar-refractivity contribution >= 4 is 18.0 Å². The van der Waals surface area contributed by atoms with Crippen molar-refractivity contribution < 1.29 is 29.0 Å². The van der Waals surface area contributed by atoms with Crippen LogP contribution in [0.1, 0.15) is 33.0 Å². The Balaban J connectivity index is 1.28. The minimum absolute atomic E-state index is 0.0501. The van der Waals surface area contributed by atoms with Gasteiger partial charge in [0.15, 0.2) is 0 Å². The third-order valence-corrected chi connectivity index (χ3v) is 6.99. The van der Waals surface area contributed by atoms with E-state index in [-0.39, 0.29) is 18.9 Å². The molecule has 0 spiro atoms. The number of carbonyl (C=O) groups excluding carboxylic acids is 2. The first kappa shape index (κ1) is 25.7. The lowest BCUT2D eigenvalue weighted by molar-refractivity contribution is -0.139. The van der Waals surface area contributed by atoms with Gasteiger partial charge in [-0.1, -0.05) is 84.9 Å². The molecule has 4 aromatic carbocycles. The number of fused-ring (bicyclic) bond motifs is 3. The van der Waals surface area contributed by atoms with Crippen molar-refractivity contribution in [3.8, 4) is 22.3 Å². The molecule has 0 radical (unpaired) electrons. The summed E-state index contributed by atoms with van der Waals surface area (Å²) in [5, 5.41) is 12.4. The van der Waals surface area contributed by atoms with E-state index in [0.717, 1.165) is 38.9 Å². The van der Waals surface area contributed by atoms with Crippen LogP contribution >= 0.6 is 0 Å². The lowest BCUT2D eigenvalue weighted by Gasteiger charge is -2.19. The zero-order valence-corrected chi connectivity index (χ0v) is 21.3. The Morgan fingerprint density at radius 3 is 1.95 bits per heavy atom. The molecule has 5 rings (SSSR count). The standard InChI is InChI=1S/C32H27NO6/c1-38-31(36)21-16-14-20(15-17-21)23-9-3-2-8-22(23)18-29(30(34)35)33-32(37)39-19-28-26-12-6-4-10-24(26)25-11-5-7-13-27(25)28/h2-17,28-29H,18-19H2,1H3,(H,33,37)(H,34,35). The van der Waals surface area contributed by atoms with Crippen LogP contribution < -0.4 is 5.32 Å². The van der Waals surface area contributed by atoms with Gasteiger partial charge in [-0.05, 0) is 51.1 Å². The van der Waals surface area contributed by atoms with Crippen LogP contribution in [0.3, 0.4) is 0 Å². The molecule has 0 fully saturated rings. The van der Waals surface area contributed by atoms with Gasteiger partial charge in [0.2, 0.25) is 0 Å². The Hall–Kier alpha value is -4.91. The number of benzene rings is 4. The van der Waals surface area contributed by atoms with Crippen molar-refractivity contribution in [2.24, 2.45) is 0 Å². The summed E-state index contributed by atoms with van der Waals surface area (Å²) in [5.41, 5.74) is 7.14. The Morgan fingerprint density at radius 1 is 0.795 bits per heavy atom. The highest BCUT2D eigenvalue weighted by atomic mass is 16.5. The number of esters is 1. The molecule has 2 N–H and O–H groups in total. The normalized spacial score (nSPS) is 12.6. The van der Waals surface area contributed by atoms with Gasteiger partial charge < -0.3 is 19.9 Å². The monoisotopic (exact) mass is 521 g/mol. The number of alkyl carbamates (subject to hydrolysis) is 1. The highest BCUT2D eigenvalue weighted by molar-refractivity contribution is 5.90. The zero-order valence-electron chi connectivity index (χ0n) is 21.3. The number of hydrogen-bond acceptors (Lipinski definition) is 5. The Bertz CT molecular complexity index is 1480. The summed E-state index contributed by atoms with van der Waals surface area (Å²) in [6.07, 6.45) is -0.738. The maximum atomic E-state index is 12.8. The molecule has 196 valence electrons. The van der Waals surface area contributed by atoms with Crippen molar-refractivity contribution in [2.75, 3.05) is 13.7 Å². The van der Waals surface area contributed by atoms with Crippen molar-refractivity contribution in [1.29, 1.82) is 0 Å². The summed E-state index contributed by atoms with van der Waals surface area (Å²) >= 11 is 0. The second-order valence-electron chi connectivity index (χ2n) is 9.29. The molecule has 0 saturated heterocycles. The average Bonchev–Trinajstić information content (AvgIpc) is 3.29. The summed E-state index contributed by atoms with van der Waals surface area (Å²) < 4.78 is 10.3. The van der Waals surface area contributed by atoms with Crippen molar-refractivity contribution in [3.05, 3.63) is 119 Å². The van der Waals surface area contributed by atoms with Gasteiger partial charge >= 0.3 is 18.0 Å². The molecule has 7 nitrogen and oxygen atoms in total. The summed E-state index contributed by atoms with van der Waals surface area (Å²) in [5.74, 6) is -1.73. The number of aliphatic carboxylic acids is 1. The number of rotatable bonds is 8. The van der Waals surface area contributed by atoms with E-state index in [1.807, 2.05) is 60.7 Å². The lowest BCUT2D eigenvalue weighted by Crippen LogP contribution is -2.43. The molecule has 0 saturated carbocycles. The second-order valence-corrected chi connectivity index (χ2v) is 9.29. The van der Waals surface area contributed by atoms with Gasteiger partial charge in [-0.15, -0.1) is 0 Å². The minimum Gasteiger partial charge on any atom is -0.480 e. The summed E-state index contributed by atoms with van der Waals surface area (Å²) in [6, 6.07) is 29.0. The van der Waals surface area contributed by atoms with Gasteiger partial charge in [-0.25, -0.2) is 14.4 Å². The van der Waals surface area contributed by atoms with Gasteiger partial charge in [-0.3, -0.25) is 0 Å². The van der Waals surface area contributed by atoms with Crippen molar-refractivity contribution in [2.45, 2.75) is 18.4 Å². The smallest absolute Gasteiger partial charge is 0.407 e. The summed E-state index contributed by atoms with van der Waals surface area (Å²) in [4.78, 5) is 36.6. The fraction of sp³-hybridized carbons (Fsp3) is 0.156. The van der Waals surface area contributed by atoms with E-state index < -0.39 is 24.1 Å². The first-order valence-corrected chi connectivity index (χ1v) is 12.6. The number of carboxylic acid groups (broad SMARTS) is 1. The first-order valence-electron chi connectivity index (χ1n) is 12.6. The quantitative estimate of drug-likeness (QED) is 0.290. The highest BCUT2D eigenvalue weighted by Gasteiger charge is 2.30. The van der Waals surface area contributed by atoms with E-state index in [9.17, 15) is 19.5 Å². The van der Waals surface area contributed by atoms with Gasteiger partial charge in [0.1, 0.15) is 12.6 Å². The third kappa shape index (κ3) is 5.38. The molecule has 0 heterocycles. The second kappa shape index (κ2) is 11.2. The van der Waals surface area contributed by atoms with Crippen LogP contribution in [-0.2, 0) is 20.7 Å². The van der Waals surface area contributed by atoms with E-state index >= 15 is 0 Å². The topological polar surface area (TPSA) is 102 Å². The third-order valence-electron chi connectivity index (χ3n) is 6.99. The molecular weight excluding hydrogens is 494 g/mol. The predicted molar refractivity (Wildman–Crippen MR) is 147 cm³/mol. The number of carbonyl (C=O) groups is 3. The van der Waals surface area contributed by atoms with E-state index in [4.69, 9.17) is 9.47 Å². The summed E-state index contributed by atoms with van der Waals surface area (Å²) in [7, 11) is 1.32. The maximum Gasteiger partial charge on any atom is 0.407 e. The number of methoxy groups -OCH3 is 1. The fourth-order valence-electron chi connectivity index (χ4n) is 5.09. The molecule has 1 aliphatic rings. The van der Waals surface area contributed by atoms with E-state index in [0.29, 0.717) is 5.56 Å². The van der Waals surface area contributed by atoms with Crippen LogP contribution in [0.2, 0.25) is 0 Å². The first-order chi connectivity index (χ1) is 19.0. The van der Waals surface area contributed by atoms with Gasteiger partial charge in [-0.2, -0.15) is 0 Å². The fourth-order valence-corrected chi connectivity index (χ4v) is 5.09. The Labute approximate surface area is 226 Å². The van der Waals surface area contributed by atoms with E-state index in [1.54, 1.807) is 24.3 Å². The minimum atomic E-state index is -1.20. The zero-order chi connectivity index (χ0) is 27.4. The SMILES string of the molecule is COC(=O)c1ccc(-c2ccccc2CC(NC(=O)OCC2c3ccccc3-c3ccccc32)C(=O)O)cc1. The Kier molecular flexibility index (Phi) is 7.41. The maximum absolute atomic E-state index is 12.8. The van der Waals surface area contributed by atoms with Crippen LogP contribution in [0.15, 0.2) is 97.1 Å². The molecule has 1 amide bonds. The van der Waals surface area contributed by atoms with E-state index in [1.165, 1.54) is 7.11 Å². The largest absolute Gasteiger partial charge is 0.480 e. The summed E-state index contributed by atoms with van der Waals surface area (Å²) in [6.45, 7) is 0.0926. The van der Waals surface area contributed by atoms with Crippen molar-refractivity contribution in [3.63, 3.8) is 0 Å². The number of amides is 1. The highest BCUT2D eigenvalue weighted by Crippen LogP contribution is 2.44. The molecule has 39 heavy (non-hydrogen) atoms. The van der Waals surface area contributed by atoms with Gasteiger partial charge in [0.05, 0.1) is 12.7 Å². The average molecular weight is 522 g/mol. The van der Waals surface area contributed by atoms with E-state index in [2.05, 4.69) is 17.4 Å². The molecule has 7 heteroatoms. The van der Waals surface area contributed by atoms with Crippen LogP contribution in [0.25, 0.3) is 22.3 Å². The lowest BCUT2D eigenvalue weighted by atomic mass is 9.94. The molecule has 0 aromatic heterocycles. The van der Waals surface area contributed by atoms with Crippen molar-refractivity contribution in [1.82, 2.24) is 5.32 Å². The number of hydrogen-bond donors (Lipinski definition) is 2. The van der Waals surface area contributed by atoms with Crippen LogP contribution in [0.4, 0.5) is 4.79 Å². The number of carboxylic acids is 1.